The molecule has 0 atom stereocenters. The summed E-state index contributed by atoms with van der Waals surface area (Å²) in [5.41, 5.74) is 2.05. The standard InChI is InChI=1S/C12H16O4S/c1-8-5-9(2)12(11(6-8)16-3)10(13)7-17(4,14)15/h5-6H,7H2,1-4H3. The van der Waals surface area contributed by atoms with E-state index in [1.54, 1.807) is 13.0 Å². The highest BCUT2D eigenvalue weighted by Gasteiger charge is 2.19. The van der Waals surface area contributed by atoms with Gasteiger partial charge in [-0.3, -0.25) is 4.79 Å². The molecule has 0 aliphatic rings. The number of hydrogen-bond donors (Lipinski definition) is 0. The van der Waals surface area contributed by atoms with Crippen LogP contribution >= 0.6 is 0 Å². The summed E-state index contributed by atoms with van der Waals surface area (Å²) in [5, 5.41) is 0. The summed E-state index contributed by atoms with van der Waals surface area (Å²) < 4.78 is 27.4. The van der Waals surface area contributed by atoms with Gasteiger partial charge in [0.25, 0.3) is 0 Å². The second-order valence-electron chi connectivity index (χ2n) is 4.15. The number of carbonyl (C=O) groups excluding carboxylic acids is 1. The Morgan fingerprint density at radius 2 is 1.88 bits per heavy atom. The van der Waals surface area contributed by atoms with Crippen LogP contribution in [0.4, 0.5) is 0 Å². The molecular formula is C12H16O4S. The van der Waals surface area contributed by atoms with Crippen LogP contribution in [0.1, 0.15) is 21.5 Å². The molecule has 0 fully saturated rings. The van der Waals surface area contributed by atoms with Crippen molar-refractivity contribution in [3.05, 3.63) is 28.8 Å². The quantitative estimate of drug-likeness (QED) is 0.767. The van der Waals surface area contributed by atoms with E-state index in [0.29, 0.717) is 11.3 Å². The number of ketones is 1. The summed E-state index contributed by atoms with van der Waals surface area (Å²) in [6.07, 6.45) is 1.04. The van der Waals surface area contributed by atoms with Crippen LogP contribution in [0.2, 0.25) is 0 Å². The highest BCUT2D eigenvalue weighted by atomic mass is 32.2. The molecule has 0 radical (unpaired) electrons. The fourth-order valence-electron chi connectivity index (χ4n) is 1.76. The highest BCUT2D eigenvalue weighted by Crippen LogP contribution is 2.24. The average molecular weight is 256 g/mol. The molecular weight excluding hydrogens is 240 g/mol. The van der Waals surface area contributed by atoms with Crippen molar-refractivity contribution in [3.63, 3.8) is 0 Å². The van der Waals surface area contributed by atoms with Crippen LogP contribution in [0.5, 0.6) is 5.75 Å². The Morgan fingerprint density at radius 1 is 1.29 bits per heavy atom. The Labute approximate surface area is 102 Å². The summed E-state index contributed by atoms with van der Waals surface area (Å²) >= 11 is 0. The third-order valence-corrected chi connectivity index (χ3v) is 3.12. The fourth-order valence-corrected chi connectivity index (χ4v) is 2.38. The maximum Gasteiger partial charge on any atom is 0.181 e. The van der Waals surface area contributed by atoms with Gasteiger partial charge in [0, 0.05) is 6.26 Å². The zero-order valence-electron chi connectivity index (χ0n) is 10.4. The minimum atomic E-state index is -3.33. The summed E-state index contributed by atoms with van der Waals surface area (Å²) in [6, 6.07) is 3.56. The number of methoxy groups -OCH3 is 1. The predicted molar refractivity (Wildman–Crippen MR) is 66.5 cm³/mol. The molecule has 1 aromatic carbocycles. The van der Waals surface area contributed by atoms with Crippen molar-refractivity contribution >= 4 is 15.6 Å². The topological polar surface area (TPSA) is 60.4 Å². The molecule has 0 aliphatic heterocycles. The van der Waals surface area contributed by atoms with Gasteiger partial charge in [-0.15, -0.1) is 0 Å². The van der Waals surface area contributed by atoms with Gasteiger partial charge in [0.1, 0.15) is 11.5 Å². The molecule has 0 bridgehead atoms. The van der Waals surface area contributed by atoms with Gasteiger partial charge in [-0.05, 0) is 31.0 Å². The second-order valence-corrected chi connectivity index (χ2v) is 6.29. The lowest BCUT2D eigenvalue weighted by atomic mass is 10.0. The molecule has 1 rings (SSSR count). The third kappa shape index (κ3) is 3.56. The zero-order valence-corrected chi connectivity index (χ0v) is 11.2. The van der Waals surface area contributed by atoms with Crippen LogP contribution in [0.15, 0.2) is 12.1 Å². The Bertz CT molecular complexity index is 544. The van der Waals surface area contributed by atoms with Gasteiger partial charge >= 0.3 is 0 Å². The number of aryl methyl sites for hydroxylation is 2. The Balaban J connectivity index is 3.26. The number of sulfone groups is 1. The molecule has 0 saturated heterocycles. The Kier molecular flexibility index (Phi) is 3.93. The highest BCUT2D eigenvalue weighted by molar-refractivity contribution is 7.91. The predicted octanol–water partition coefficient (Wildman–Crippen LogP) is 1.54. The van der Waals surface area contributed by atoms with Gasteiger partial charge in [-0.25, -0.2) is 8.42 Å². The van der Waals surface area contributed by atoms with E-state index in [1.165, 1.54) is 7.11 Å². The summed E-state index contributed by atoms with van der Waals surface area (Å²) in [5.74, 6) is -0.495. The van der Waals surface area contributed by atoms with Gasteiger partial charge < -0.3 is 4.74 Å². The number of carbonyl (C=O) groups is 1. The molecule has 5 heteroatoms. The SMILES string of the molecule is COc1cc(C)cc(C)c1C(=O)CS(C)(=O)=O. The number of hydrogen-bond acceptors (Lipinski definition) is 4. The van der Waals surface area contributed by atoms with Crippen LogP contribution in [-0.2, 0) is 9.84 Å². The second kappa shape index (κ2) is 4.87. The third-order valence-electron chi connectivity index (χ3n) is 2.34. The number of Topliss-reactive ketones (excluding diaryl/α,β-unsaturated/α-hetero) is 1. The molecule has 0 aliphatic carbocycles. The normalized spacial score (nSPS) is 11.3. The minimum absolute atomic E-state index is 0.350. The van der Waals surface area contributed by atoms with Crippen molar-refractivity contribution < 1.29 is 17.9 Å². The van der Waals surface area contributed by atoms with Crippen molar-refractivity contribution in [2.75, 3.05) is 19.1 Å². The van der Waals surface area contributed by atoms with Crippen molar-refractivity contribution in [1.29, 1.82) is 0 Å². The molecule has 17 heavy (non-hydrogen) atoms. The lowest BCUT2D eigenvalue weighted by molar-refractivity contribution is 0.101. The van der Waals surface area contributed by atoms with Gasteiger partial charge in [-0.2, -0.15) is 0 Å². The minimum Gasteiger partial charge on any atom is -0.496 e. The lowest BCUT2D eigenvalue weighted by Gasteiger charge is -2.11. The first-order valence-electron chi connectivity index (χ1n) is 5.11. The van der Waals surface area contributed by atoms with E-state index >= 15 is 0 Å². The molecule has 94 valence electrons. The molecule has 0 heterocycles. The van der Waals surface area contributed by atoms with Crippen LogP contribution in [0.25, 0.3) is 0 Å². The molecule has 0 spiro atoms. The summed E-state index contributed by atoms with van der Waals surface area (Å²) in [6.45, 7) is 3.66. The molecule has 0 N–H and O–H groups in total. The van der Waals surface area contributed by atoms with E-state index in [0.717, 1.165) is 17.4 Å². The van der Waals surface area contributed by atoms with E-state index in [9.17, 15) is 13.2 Å². The summed E-state index contributed by atoms with van der Waals surface area (Å²) in [4.78, 5) is 11.9. The molecule has 0 aromatic heterocycles. The summed E-state index contributed by atoms with van der Waals surface area (Å²) in [7, 11) is -1.86. The molecule has 4 nitrogen and oxygen atoms in total. The lowest BCUT2D eigenvalue weighted by Crippen LogP contribution is -2.16. The van der Waals surface area contributed by atoms with Crippen LogP contribution in [-0.4, -0.2) is 33.3 Å². The number of ether oxygens (including phenoxy) is 1. The smallest absolute Gasteiger partial charge is 0.181 e. The first-order chi connectivity index (χ1) is 7.74. The molecule has 0 amide bonds. The average Bonchev–Trinajstić information content (AvgIpc) is 2.12. The molecule has 0 saturated carbocycles. The van der Waals surface area contributed by atoms with Gasteiger partial charge in [0.05, 0.1) is 12.7 Å². The first kappa shape index (κ1) is 13.7. The zero-order chi connectivity index (χ0) is 13.2. The monoisotopic (exact) mass is 256 g/mol. The van der Waals surface area contributed by atoms with Crippen molar-refractivity contribution in [2.24, 2.45) is 0 Å². The van der Waals surface area contributed by atoms with Crippen molar-refractivity contribution in [1.82, 2.24) is 0 Å². The molecule has 0 unspecified atom stereocenters. The fraction of sp³-hybridized carbons (Fsp3) is 0.417. The van der Waals surface area contributed by atoms with Crippen molar-refractivity contribution in [3.8, 4) is 5.75 Å². The Hall–Kier alpha value is -1.36. The molecule has 1 aromatic rings. The maximum atomic E-state index is 11.9. The van der Waals surface area contributed by atoms with Gasteiger partial charge in [0.15, 0.2) is 15.6 Å². The van der Waals surface area contributed by atoms with Gasteiger partial charge in [0.2, 0.25) is 0 Å². The van der Waals surface area contributed by atoms with Crippen molar-refractivity contribution in [2.45, 2.75) is 13.8 Å². The van der Waals surface area contributed by atoms with E-state index in [1.807, 2.05) is 13.0 Å². The first-order valence-corrected chi connectivity index (χ1v) is 7.17. The van der Waals surface area contributed by atoms with E-state index < -0.39 is 21.4 Å². The number of benzene rings is 1. The van der Waals surface area contributed by atoms with Crippen LogP contribution in [0.3, 0.4) is 0 Å². The van der Waals surface area contributed by atoms with E-state index in [-0.39, 0.29) is 0 Å². The van der Waals surface area contributed by atoms with Gasteiger partial charge in [-0.1, -0.05) is 6.07 Å². The van der Waals surface area contributed by atoms with E-state index in [2.05, 4.69) is 0 Å². The van der Waals surface area contributed by atoms with E-state index in [4.69, 9.17) is 4.74 Å². The largest absolute Gasteiger partial charge is 0.496 e. The number of rotatable bonds is 4. The Morgan fingerprint density at radius 3 is 2.35 bits per heavy atom. The van der Waals surface area contributed by atoms with Crippen LogP contribution < -0.4 is 4.74 Å². The maximum absolute atomic E-state index is 11.9. The van der Waals surface area contributed by atoms with Crippen LogP contribution in [0, 0.1) is 13.8 Å².